The Hall–Kier alpha value is -2.80. The summed E-state index contributed by atoms with van der Waals surface area (Å²) in [5, 5.41) is 5.79. The Morgan fingerprint density at radius 3 is 2.59 bits per heavy atom. The SMILES string of the molecule is Cn1ccnc1[C@@H](NC(=O)NCCSc1ccccc1)c1ccc(F)cc1. The van der Waals surface area contributed by atoms with Crippen molar-refractivity contribution in [2.45, 2.75) is 10.9 Å². The number of carbonyl (C=O) groups is 1. The number of imidazole rings is 1. The van der Waals surface area contributed by atoms with Crippen LogP contribution in [-0.4, -0.2) is 27.9 Å². The number of urea groups is 1. The molecule has 1 aromatic heterocycles. The molecular weight excluding hydrogens is 363 g/mol. The highest BCUT2D eigenvalue weighted by atomic mass is 32.2. The first-order valence-corrected chi connectivity index (χ1v) is 9.57. The van der Waals surface area contributed by atoms with Crippen molar-refractivity contribution in [3.8, 4) is 0 Å². The zero-order valence-corrected chi connectivity index (χ0v) is 15.7. The summed E-state index contributed by atoms with van der Waals surface area (Å²) in [7, 11) is 1.86. The number of halogens is 1. The van der Waals surface area contributed by atoms with E-state index in [2.05, 4.69) is 15.6 Å². The fraction of sp³-hybridized carbons (Fsp3) is 0.200. The Morgan fingerprint density at radius 2 is 1.93 bits per heavy atom. The van der Waals surface area contributed by atoms with Gasteiger partial charge in [-0.3, -0.25) is 0 Å². The minimum atomic E-state index is -0.465. The number of hydrogen-bond donors (Lipinski definition) is 2. The zero-order chi connectivity index (χ0) is 19.1. The zero-order valence-electron chi connectivity index (χ0n) is 14.9. The quantitative estimate of drug-likeness (QED) is 0.482. The second-order valence-electron chi connectivity index (χ2n) is 5.94. The van der Waals surface area contributed by atoms with Gasteiger partial charge in [0, 0.05) is 36.6 Å². The van der Waals surface area contributed by atoms with Gasteiger partial charge in [0.05, 0.1) is 0 Å². The van der Waals surface area contributed by atoms with Gasteiger partial charge < -0.3 is 15.2 Å². The molecule has 2 amide bonds. The van der Waals surface area contributed by atoms with Gasteiger partial charge in [0.1, 0.15) is 17.7 Å². The van der Waals surface area contributed by atoms with Crippen molar-refractivity contribution in [2.75, 3.05) is 12.3 Å². The topological polar surface area (TPSA) is 59.0 Å². The highest BCUT2D eigenvalue weighted by Gasteiger charge is 2.20. The van der Waals surface area contributed by atoms with Gasteiger partial charge in [-0.25, -0.2) is 14.2 Å². The van der Waals surface area contributed by atoms with Crippen LogP contribution in [0.15, 0.2) is 71.9 Å². The smallest absolute Gasteiger partial charge is 0.315 e. The molecule has 0 aliphatic carbocycles. The monoisotopic (exact) mass is 384 g/mol. The van der Waals surface area contributed by atoms with Gasteiger partial charge in [-0.1, -0.05) is 30.3 Å². The largest absolute Gasteiger partial charge is 0.337 e. The van der Waals surface area contributed by atoms with Crippen LogP contribution in [-0.2, 0) is 7.05 Å². The van der Waals surface area contributed by atoms with Crippen LogP contribution in [0.5, 0.6) is 0 Å². The minimum Gasteiger partial charge on any atom is -0.337 e. The van der Waals surface area contributed by atoms with Gasteiger partial charge in [-0.15, -0.1) is 11.8 Å². The molecule has 7 heteroatoms. The molecule has 0 aliphatic rings. The second kappa shape index (κ2) is 9.23. The molecule has 3 aromatic rings. The average molecular weight is 384 g/mol. The van der Waals surface area contributed by atoms with E-state index < -0.39 is 6.04 Å². The lowest BCUT2D eigenvalue weighted by atomic mass is 10.1. The summed E-state index contributed by atoms with van der Waals surface area (Å²) in [4.78, 5) is 17.9. The lowest BCUT2D eigenvalue weighted by Gasteiger charge is -2.19. The molecule has 0 aliphatic heterocycles. The lowest BCUT2D eigenvalue weighted by molar-refractivity contribution is 0.238. The van der Waals surface area contributed by atoms with E-state index in [4.69, 9.17) is 0 Å². The Balaban J connectivity index is 1.59. The third kappa shape index (κ3) is 5.34. The first-order chi connectivity index (χ1) is 13.1. The molecule has 2 aromatic carbocycles. The van der Waals surface area contributed by atoms with Gasteiger partial charge in [-0.2, -0.15) is 0 Å². The Labute approximate surface area is 162 Å². The van der Waals surface area contributed by atoms with E-state index in [0.29, 0.717) is 12.4 Å². The van der Waals surface area contributed by atoms with Gasteiger partial charge in [0.25, 0.3) is 0 Å². The van der Waals surface area contributed by atoms with E-state index >= 15 is 0 Å². The number of nitrogens with zero attached hydrogens (tertiary/aromatic N) is 2. The number of carbonyl (C=O) groups excluding carboxylic acids is 1. The van der Waals surface area contributed by atoms with Crippen LogP contribution >= 0.6 is 11.8 Å². The summed E-state index contributed by atoms with van der Waals surface area (Å²) < 4.78 is 15.1. The van der Waals surface area contributed by atoms with E-state index in [1.807, 2.05) is 48.1 Å². The Kier molecular flexibility index (Phi) is 6.49. The number of benzene rings is 2. The fourth-order valence-electron chi connectivity index (χ4n) is 2.64. The standard InChI is InChI=1S/C20H21FN4OS/c1-25-13-11-22-19(25)18(15-7-9-16(21)10-8-15)24-20(26)23-12-14-27-17-5-3-2-4-6-17/h2-11,13,18H,12,14H2,1H3,(H2,23,24,26)/t18-/m0/s1. The normalized spacial score (nSPS) is 11.8. The molecule has 0 saturated heterocycles. The van der Waals surface area contributed by atoms with Crippen molar-refractivity contribution in [3.05, 3.63) is 84.2 Å². The summed E-state index contributed by atoms with van der Waals surface area (Å²) >= 11 is 1.68. The highest BCUT2D eigenvalue weighted by Crippen LogP contribution is 2.21. The number of amides is 2. The minimum absolute atomic E-state index is 0.291. The predicted octanol–water partition coefficient (Wildman–Crippen LogP) is 3.74. The molecule has 0 bridgehead atoms. The van der Waals surface area contributed by atoms with Gasteiger partial charge >= 0.3 is 6.03 Å². The number of rotatable bonds is 7. The van der Waals surface area contributed by atoms with Crippen LogP contribution in [0.25, 0.3) is 0 Å². The number of aryl methyl sites for hydroxylation is 1. The average Bonchev–Trinajstić information content (AvgIpc) is 3.11. The van der Waals surface area contributed by atoms with Crippen molar-refractivity contribution >= 4 is 17.8 Å². The molecule has 2 N–H and O–H groups in total. The lowest BCUT2D eigenvalue weighted by Crippen LogP contribution is -2.40. The molecule has 5 nitrogen and oxygen atoms in total. The predicted molar refractivity (Wildman–Crippen MR) is 105 cm³/mol. The van der Waals surface area contributed by atoms with Crippen molar-refractivity contribution in [1.82, 2.24) is 20.2 Å². The van der Waals surface area contributed by atoms with E-state index in [1.165, 1.54) is 12.1 Å². The third-order valence-electron chi connectivity index (χ3n) is 3.99. The van der Waals surface area contributed by atoms with Gasteiger partial charge in [0.15, 0.2) is 0 Å². The van der Waals surface area contributed by atoms with Crippen LogP contribution < -0.4 is 10.6 Å². The Morgan fingerprint density at radius 1 is 1.19 bits per heavy atom. The first kappa shape index (κ1) is 19.0. The maximum Gasteiger partial charge on any atom is 0.315 e. The maximum absolute atomic E-state index is 13.3. The van der Waals surface area contributed by atoms with Crippen molar-refractivity contribution in [3.63, 3.8) is 0 Å². The second-order valence-corrected chi connectivity index (χ2v) is 7.11. The summed E-state index contributed by atoms with van der Waals surface area (Å²) in [6.45, 7) is 0.530. The maximum atomic E-state index is 13.3. The number of thioether (sulfide) groups is 1. The van der Waals surface area contributed by atoms with E-state index in [-0.39, 0.29) is 11.8 Å². The third-order valence-corrected chi connectivity index (χ3v) is 5.01. The number of hydrogen-bond acceptors (Lipinski definition) is 3. The molecular formula is C20H21FN4OS. The molecule has 27 heavy (non-hydrogen) atoms. The summed E-state index contributed by atoms with van der Waals surface area (Å²) in [5.74, 6) is 1.12. The number of aromatic nitrogens is 2. The highest BCUT2D eigenvalue weighted by molar-refractivity contribution is 7.99. The Bertz CT molecular complexity index is 867. The van der Waals surface area contributed by atoms with E-state index in [9.17, 15) is 9.18 Å². The van der Waals surface area contributed by atoms with Crippen molar-refractivity contribution < 1.29 is 9.18 Å². The molecule has 140 valence electrons. The van der Waals surface area contributed by atoms with Crippen LogP contribution in [0.3, 0.4) is 0 Å². The summed E-state index contributed by atoms with van der Waals surface area (Å²) in [6, 6.07) is 15.3. The molecule has 0 spiro atoms. The number of nitrogens with one attached hydrogen (secondary N) is 2. The van der Waals surface area contributed by atoms with Crippen LogP contribution in [0.1, 0.15) is 17.4 Å². The van der Waals surface area contributed by atoms with Crippen LogP contribution in [0, 0.1) is 5.82 Å². The van der Waals surface area contributed by atoms with Crippen molar-refractivity contribution in [2.24, 2.45) is 7.05 Å². The van der Waals surface area contributed by atoms with E-state index in [0.717, 1.165) is 16.2 Å². The molecule has 0 fully saturated rings. The summed E-state index contributed by atoms with van der Waals surface area (Å²) in [5.41, 5.74) is 0.763. The van der Waals surface area contributed by atoms with E-state index in [1.54, 1.807) is 30.1 Å². The fourth-order valence-corrected chi connectivity index (χ4v) is 3.43. The summed E-state index contributed by atoms with van der Waals surface area (Å²) in [6.07, 6.45) is 3.48. The van der Waals surface area contributed by atoms with Crippen molar-refractivity contribution in [1.29, 1.82) is 0 Å². The first-order valence-electron chi connectivity index (χ1n) is 8.58. The van der Waals surface area contributed by atoms with Gasteiger partial charge in [-0.05, 0) is 29.8 Å². The molecule has 0 saturated carbocycles. The molecule has 0 unspecified atom stereocenters. The molecule has 0 radical (unpaired) electrons. The van der Waals surface area contributed by atoms with Gasteiger partial charge in [0.2, 0.25) is 0 Å². The molecule has 3 rings (SSSR count). The molecule has 1 heterocycles. The van der Waals surface area contributed by atoms with Crippen LogP contribution in [0.4, 0.5) is 9.18 Å². The van der Waals surface area contributed by atoms with Crippen LogP contribution in [0.2, 0.25) is 0 Å². The molecule has 1 atom stereocenters.